The highest BCUT2D eigenvalue weighted by molar-refractivity contribution is 6.32. The average molecular weight is 389 g/mol. The predicted molar refractivity (Wildman–Crippen MR) is 101 cm³/mol. The Morgan fingerprint density at radius 1 is 1.19 bits per heavy atom. The molecule has 1 N–H and O–H groups in total. The van der Waals surface area contributed by atoms with E-state index < -0.39 is 18.0 Å². The van der Waals surface area contributed by atoms with E-state index in [1.165, 1.54) is 37.3 Å². The van der Waals surface area contributed by atoms with Gasteiger partial charge in [-0.05, 0) is 42.8 Å². The van der Waals surface area contributed by atoms with Crippen molar-refractivity contribution in [1.29, 1.82) is 5.26 Å². The zero-order chi connectivity index (χ0) is 19.1. The Labute approximate surface area is 160 Å². The van der Waals surface area contributed by atoms with Crippen molar-refractivity contribution in [3.05, 3.63) is 69.7 Å². The third-order valence-corrected chi connectivity index (χ3v) is 3.98. The van der Waals surface area contributed by atoms with Crippen LogP contribution >= 0.6 is 23.2 Å². The predicted octanol–water partition coefficient (Wildman–Crippen LogP) is 4.45. The summed E-state index contributed by atoms with van der Waals surface area (Å²) in [6.07, 6.45) is 1.69. The number of nitrogens with one attached hydrogen (secondary N) is 1. The van der Waals surface area contributed by atoms with Crippen LogP contribution in [-0.2, 0) is 14.3 Å². The number of esters is 1. The molecule has 0 aromatic heterocycles. The van der Waals surface area contributed by atoms with Gasteiger partial charge in [0.2, 0.25) is 0 Å². The highest BCUT2D eigenvalue weighted by Crippen LogP contribution is 2.20. The summed E-state index contributed by atoms with van der Waals surface area (Å²) in [5.74, 6) is -1.20. The van der Waals surface area contributed by atoms with Crippen LogP contribution in [0.25, 0.3) is 6.08 Å². The van der Waals surface area contributed by atoms with Crippen molar-refractivity contribution < 1.29 is 14.3 Å². The first kappa shape index (κ1) is 19.5. The van der Waals surface area contributed by atoms with Crippen molar-refractivity contribution in [3.63, 3.8) is 0 Å². The normalized spacial score (nSPS) is 11.6. The third kappa shape index (κ3) is 5.35. The van der Waals surface area contributed by atoms with Crippen LogP contribution in [0.15, 0.2) is 48.5 Å². The number of carbonyl (C=O) groups is 2. The maximum absolute atomic E-state index is 12.1. The summed E-state index contributed by atoms with van der Waals surface area (Å²) in [4.78, 5) is 23.9. The van der Waals surface area contributed by atoms with Crippen LogP contribution < -0.4 is 5.32 Å². The first-order valence-corrected chi connectivity index (χ1v) is 8.30. The SMILES string of the molecule is CC(OC(=O)/C=C/c1ccccc1Cl)C(=O)Nc1ccc(C#N)c(Cl)c1. The van der Waals surface area contributed by atoms with Crippen molar-refractivity contribution in [2.24, 2.45) is 0 Å². The topological polar surface area (TPSA) is 79.2 Å². The summed E-state index contributed by atoms with van der Waals surface area (Å²) in [7, 11) is 0. The lowest BCUT2D eigenvalue weighted by Gasteiger charge is -2.12. The molecule has 0 radical (unpaired) electrons. The fraction of sp³-hybridized carbons (Fsp3) is 0.105. The van der Waals surface area contributed by atoms with Gasteiger partial charge in [-0.3, -0.25) is 4.79 Å². The molecule has 1 amide bonds. The van der Waals surface area contributed by atoms with Crippen LogP contribution in [0, 0.1) is 11.3 Å². The fourth-order valence-electron chi connectivity index (χ4n) is 1.96. The molecule has 26 heavy (non-hydrogen) atoms. The zero-order valence-electron chi connectivity index (χ0n) is 13.7. The first-order chi connectivity index (χ1) is 12.4. The van der Waals surface area contributed by atoms with E-state index in [1.54, 1.807) is 24.3 Å². The number of hydrogen-bond donors (Lipinski definition) is 1. The Morgan fingerprint density at radius 3 is 2.58 bits per heavy atom. The molecule has 0 aliphatic heterocycles. The Bertz CT molecular complexity index is 904. The van der Waals surface area contributed by atoms with Crippen LogP contribution in [0.2, 0.25) is 10.0 Å². The molecule has 1 unspecified atom stereocenters. The Kier molecular flexibility index (Phi) is 6.79. The van der Waals surface area contributed by atoms with E-state index in [9.17, 15) is 9.59 Å². The van der Waals surface area contributed by atoms with E-state index in [1.807, 2.05) is 6.07 Å². The van der Waals surface area contributed by atoms with E-state index in [4.69, 9.17) is 33.2 Å². The summed E-state index contributed by atoms with van der Waals surface area (Å²) in [6, 6.07) is 13.4. The molecule has 132 valence electrons. The van der Waals surface area contributed by atoms with Gasteiger partial charge in [-0.2, -0.15) is 5.26 Å². The van der Waals surface area contributed by atoms with Gasteiger partial charge < -0.3 is 10.1 Å². The van der Waals surface area contributed by atoms with Gasteiger partial charge in [-0.25, -0.2) is 4.79 Å². The maximum Gasteiger partial charge on any atom is 0.331 e. The number of amides is 1. The highest BCUT2D eigenvalue weighted by atomic mass is 35.5. The van der Waals surface area contributed by atoms with Crippen molar-refractivity contribution in [2.45, 2.75) is 13.0 Å². The van der Waals surface area contributed by atoms with Gasteiger partial charge in [-0.15, -0.1) is 0 Å². The largest absolute Gasteiger partial charge is 0.449 e. The van der Waals surface area contributed by atoms with E-state index in [0.29, 0.717) is 21.8 Å². The number of ether oxygens (including phenoxy) is 1. The lowest BCUT2D eigenvalue weighted by molar-refractivity contribution is -0.148. The van der Waals surface area contributed by atoms with E-state index in [-0.39, 0.29) is 5.02 Å². The summed E-state index contributed by atoms with van der Waals surface area (Å²) >= 11 is 11.9. The number of rotatable bonds is 5. The van der Waals surface area contributed by atoms with E-state index in [2.05, 4.69) is 5.32 Å². The number of nitriles is 1. The quantitative estimate of drug-likeness (QED) is 0.605. The molecule has 1 atom stereocenters. The summed E-state index contributed by atoms with van der Waals surface area (Å²) in [6.45, 7) is 1.45. The second kappa shape index (κ2) is 9.04. The Balaban J connectivity index is 1.94. The smallest absolute Gasteiger partial charge is 0.331 e. The number of halogens is 2. The molecule has 0 saturated heterocycles. The number of anilines is 1. The van der Waals surface area contributed by atoms with E-state index >= 15 is 0 Å². The molecule has 2 rings (SSSR count). The Morgan fingerprint density at radius 2 is 1.92 bits per heavy atom. The minimum Gasteiger partial charge on any atom is -0.449 e. The summed E-state index contributed by atoms with van der Waals surface area (Å²) in [5.41, 5.74) is 1.36. The van der Waals surface area contributed by atoms with Gasteiger partial charge in [0.1, 0.15) is 6.07 Å². The van der Waals surface area contributed by atoms with Crippen LogP contribution in [-0.4, -0.2) is 18.0 Å². The molecule has 0 bridgehead atoms. The van der Waals surface area contributed by atoms with Crippen LogP contribution in [0.5, 0.6) is 0 Å². The van der Waals surface area contributed by atoms with Gasteiger partial charge in [-0.1, -0.05) is 41.4 Å². The lowest BCUT2D eigenvalue weighted by atomic mass is 10.2. The van der Waals surface area contributed by atoms with Gasteiger partial charge in [0.25, 0.3) is 5.91 Å². The molecule has 0 aliphatic carbocycles. The van der Waals surface area contributed by atoms with Crippen LogP contribution in [0.4, 0.5) is 5.69 Å². The molecule has 2 aromatic rings. The monoisotopic (exact) mass is 388 g/mol. The fourth-order valence-corrected chi connectivity index (χ4v) is 2.38. The van der Waals surface area contributed by atoms with Crippen LogP contribution in [0.1, 0.15) is 18.1 Å². The molecular weight excluding hydrogens is 375 g/mol. The number of benzene rings is 2. The van der Waals surface area contributed by atoms with Crippen molar-refractivity contribution in [1.82, 2.24) is 0 Å². The molecule has 5 nitrogen and oxygen atoms in total. The Hall–Kier alpha value is -2.81. The summed E-state index contributed by atoms with van der Waals surface area (Å²) in [5, 5.41) is 12.1. The minimum absolute atomic E-state index is 0.220. The van der Waals surface area contributed by atoms with Crippen molar-refractivity contribution in [3.8, 4) is 6.07 Å². The third-order valence-electron chi connectivity index (χ3n) is 3.32. The molecule has 7 heteroatoms. The molecular formula is C19H14Cl2N2O3. The minimum atomic E-state index is -1.02. The molecule has 0 aliphatic rings. The van der Waals surface area contributed by atoms with Crippen molar-refractivity contribution >= 4 is 46.8 Å². The standard InChI is InChI=1S/C19H14Cl2N2O3/c1-12(19(25)23-15-8-6-14(11-22)17(21)10-15)26-18(24)9-7-13-4-2-3-5-16(13)20/h2-10,12H,1H3,(H,23,25)/b9-7+. The number of carbonyl (C=O) groups excluding carboxylic acids is 2. The first-order valence-electron chi connectivity index (χ1n) is 7.54. The molecule has 0 saturated carbocycles. The van der Waals surface area contributed by atoms with E-state index in [0.717, 1.165) is 0 Å². The highest BCUT2D eigenvalue weighted by Gasteiger charge is 2.17. The lowest BCUT2D eigenvalue weighted by Crippen LogP contribution is -2.29. The van der Waals surface area contributed by atoms with Gasteiger partial charge in [0, 0.05) is 16.8 Å². The number of nitrogens with zero attached hydrogens (tertiary/aromatic N) is 1. The molecule has 2 aromatic carbocycles. The molecule has 0 fully saturated rings. The average Bonchev–Trinajstić information content (AvgIpc) is 2.61. The zero-order valence-corrected chi connectivity index (χ0v) is 15.2. The molecule has 0 spiro atoms. The second-order valence-corrected chi connectivity index (χ2v) is 6.04. The van der Waals surface area contributed by atoms with Gasteiger partial charge >= 0.3 is 5.97 Å². The second-order valence-electron chi connectivity index (χ2n) is 5.23. The van der Waals surface area contributed by atoms with Gasteiger partial charge in [0.15, 0.2) is 6.10 Å². The van der Waals surface area contributed by atoms with Crippen LogP contribution in [0.3, 0.4) is 0 Å². The number of hydrogen-bond acceptors (Lipinski definition) is 4. The van der Waals surface area contributed by atoms with Crippen molar-refractivity contribution in [2.75, 3.05) is 5.32 Å². The van der Waals surface area contributed by atoms with Gasteiger partial charge in [0.05, 0.1) is 10.6 Å². The summed E-state index contributed by atoms with van der Waals surface area (Å²) < 4.78 is 5.05. The maximum atomic E-state index is 12.1. The molecule has 0 heterocycles.